The predicted octanol–water partition coefficient (Wildman–Crippen LogP) is 6.63. The first-order valence-electron chi connectivity index (χ1n) is 16.0. The summed E-state index contributed by atoms with van der Waals surface area (Å²) in [6.45, 7) is 2.06. The molecule has 0 fully saturated rings. The van der Waals surface area contributed by atoms with Crippen molar-refractivity contribution in [2.45, 2.75) is 70.4 Å². The summed E-state index contributed by atoms with van der Waals surface area (Å²) in [4.78, 5) is 42.6. The fourth-order valence-corrected chi connectivity index (χ4v) is 6.29. The molecule has 3 heterocycles. The highest BCUT2D eigenvalue weighted by Gasteiger charge is 2.32. The number of cyclic esters (lactones) is 1. The maximum absolute atomic E-state index is 13.6. The molecule has 4 N–H and O–H groups in total. The maximum Gasteiger partial charge on any atom is 0.342 e. The number of amides is 1. The van der Waals surface area contributed by atoms with E-state index in [1.54, 1.807) is 37.3 Å². The number of esters is 1. The maximum atomic E-state index is 13.6. The number of carbonyl (C=O) groups excluding carboxylic acids is 3. The average molecular weight is 639 g/mol. The third-order valence-corrected chi connectivity index (χ3v) is 8.75. The molecule has 2 aliphatic heterocycles. The molecular formula is C37H38N2O8. The Balaban J connectivity index is 1.37. The van der Waals surface area contributed by atoms with E-state index in [0.29, 0.717) is 55.6 Å². The minimum absolute atomic E-state index is 0.0233. The van der Waals surface area contributed by atoms with E-state index in [9.17, 15) is 24.6 Å². The molecule has 2 atom stereocenters. The SMILES string of the molecule is C[C@H]1CCCC(=O)CCCC=Cc2cc(O)c(C(CC(=O)NCc3cccc4[nH]ccc34)c3ccc4c(c3)OCO4)c(O)c2C(=O)O1. The van der Waals surface area contributed by atoms with Gasteiger partial charge in [-0.1, -0.05) is 30.4 Å². The Labute approximate surface area is 272 Å². The van der Waals surface area contributed by atoms with Crippen LogP contribution in [0.4, 0.5) is 0 Å². The first-order chi connectivity index (χ1) is 22.8. The lowest BCUT2D eigenvalue weighted by molar-refractivity contribution is -0.121. The number of carbonyl (C=O) groups is 3. The van der Waals surface area contributed by atoms with Gasteiger partial charge in [-0.2, -0.15) is 0 Å². The molecule has 0 saturated carbocycles. The summed E-state index contributed by atoms with van der Waals surface area (Å²) in [7, 11) is 0. The minimum Gasteiger partial charge on any atom is -0.507 e. The van der Waals surface area contributed by atoms with E-state index in [0.717, 1.165) is 16.5 Å². The minimum atomic E-state index is -0.869. The number of Topliss-reactive ketones (excluding diaryl/α,β-unsaturated/α-hetero) is 1. The Morgan fingerprint density at radius 3 is 2.74 bits per heavy atom. The topological polar surface area (TPSA) is 147 Å². The number of ketones is 1. The standard InChI is InChI=1S/C37H38N2O8/c1-22-7-5-11-26(40)10-4-2-3-8-24-17-30(41)35(36(43)34(24)37(44)47-22)28(23-13-14-31-32(18-23)46-21-45-31)19-33(42)39-20-25-9-6-12-29-27(25)15-16-38-29/h3,6,8-9,12-18,22,28,38,41,43H,2,4-5,7,10-11,19-21H2,1H3,(H,39,42)/t22-,28?/m0/s1. The second-order valence-corrected chi connectivity index (χ2v) is 12.1. The van der Waals surface area contributed by atoms with Gasteiger partial charge >= 0.3 is 5.97 Å². The molecule has 0 aliphatic carbocycles. The van der Waals surface area contributed by atoms with Crippen molar-refractivity contribution in [1.82, 2.24) is 10.3 Å². The van der Waals surface area contributed by atoms with Gasteiger partial charge in [0, 0.05) is 54.4 Å². The van der Waals surface area contributed by atoms with Crippen LogP contribution < -0.4 is 14.8 Å². The number of hydrogen-bond donors (Lipinski definition) is 4. The van der Waals surface area contributed by atoms with Crippen LogP contribution in [0, 0.1) is 0 Å². The number of phenols is 2. The number of aromatic amines is 1. The van der Waals surface area contributed by atoms with E-state index in [1.807, 2.05) is 30.5 Å². The van der Waals surface area contributed by atoms with E-state index in [2.05, 4.69) is 10.3 Å². The summed E-state index contributed by atoms with van der Waals surface area (Å²) < 4.78 is 16.8. The first-order valence-corrected chi connectivity index (χ1v) is 16.0. The summed E-state index contributed by atoms with van der Waals surface area (Å²) in [5, 5.41) is 27.2. The van der Waals surface area contributed by atoms with Gasteiger partial charge in [0.15, 0.2) is 11.5 Å². The van der Waals surface area contributed by atoms with Crippen LogP contribution in [0.1, 0.15) is 90.4 Å². The van der Waals surface area contributed by atoms with Gasteiger partial charge in [0.25, 0.3) is 0 Å². The highest BCUT2D eigenvalue weighted by Crippen LogP contribution is 2.46. The summed E-state index contributed by atoms with van der Waals surface area (Å²) in [5.41, 5.74) is 2.66. The van der Waals surface area contributed by atoms with Crippen LogP contribution in [0.2, 0.25) is 0 Å². The van der Waals surface area contributed by atoms with Crippen molar-refractivity contribution >= 4 is 34.6 Å². The molecule has 10 heteroatoms. The van der Waals surface area contributed by atoms with Crippen LogP contribution >= 0.6 is 0 Å². The molecule has 0 spiro atoms. The highest BCUT2D eigenvalue weighted by molar-refractivity contribution is 5.98. The Hall–Kier alpha value is -5.25. The van der Waals surface area contributed by atoms with E-state index in [-0.39, 0.29) is 53.9 Å². The third kappa shape index (κ3) is 7.11. The smallest absolute Gasteiger partial charge is 0.342 e. The van der Waals surface area contributed by atoms with Crippen LogP contribution in [-0.2, 0) is 20.9 Å². The van der Waals surface area contributed by atoms with Gasteiger partial charge in [0.2, 0.25) is 12.7 Å². The number of ether oxygens (including phenoxy) is 3. The van der Waals surface area contributed by atoms with Crippen LogP contribution in [0.25, 0.3) is 17.0 Å². The number of benzene rings is 3. The molecule has 0 radical (unpaired) electrons. The van der Waals surface area contributed by atoms with Gasteiger partial charge < -0.3 is 34.7 Å². The lowest BCUT2D eigenvalue weighted by Crippen LogP contribution is -2.25. The van der Waals surface area contributed by atoms with Crippen LogP contribution in [-0.4, -0.2) is 45.8 Å². The summed E-state index contributed by atoms with van der Waals surface area (Å²) in [6, 6.07) is 14.3. The largest absolute Gasteiger partial charge is 0.507 e. The number of nitrogens with one attached hydrogen (secondary N) is 2. The molecule has 244 valence electrons. The van der Waals surface area contributed by atoms with Crippen molar-refractivity contribution in [1.29, 1.82) is 0 Å². The molecule has 0 bridgehead atoms. The summed E-state index contributed by atoms with van der Waals surface area (Å²) in [5.74, 6) is -1.51. The zero-order valence-corrected chi connectivity index (χ0v) is 26.2. The Morgan fingerprint density at radius 1 is 1.04 bits per heavy atom. The summed E-state index contributed by atoms with van der Waals surface area (Å²) >= 11 is 0. The first kappa shape index (κ1) is 31.7. The molecule has 6 rings (SSSR count). The quantitative estimate of drug-likeness (QED) is 0.172. The van der Waals surface area contributed by atoms with E-state index < -0.39 is 23.7 Å². The van der Waals surface area contributed by atoms with Crippen LogP contribution in [0.5, 0.6) is 23.0 Å². The Kier molecular flexibility index (Phi) is 9.47. The Bertz CT molecular complexity index is 1840. The van der Waals surface area contributed by atoms with Gasteiger partial charge in [-0.05, 0) is 79.6 Å². The number of fused-ring (bicyclic) bond motifs is 3. The van der Waals surface area contributed by atoms with Gasteiger partial charge in [-0.15, -0.1) is 0 Å². The second kappa shape index (κ2) is 14.0. The lowest BCUT2D eigenvalue weighted by Gasteiger charge is -2.23. The number of allylic oxidation sites excluding steroid dienone is 1. The van der Waals surface area contributed by atoms with Crippen molar-refractivity contribution < 1.29 is 38.8 Å². The molecule has 2 aliphatic rings. The lowest BCUT2D eigenvalue weighted by atomic mass is 9.84. The van der Waals surface area contributed by atoms with Gasteiger partial charge in [0.05, 0.1) is 6.10 Å². The highest BCUT2D eigenvalue weighted by atomic mass is 16.7. The van der Waals surface area contributed by atoms with Crippen molar-refractivity contribution in [3.05, 3.63) is 88.6 Å². The molecule has 4 aromatic rings. The monoisotopic (exact) mass is 638 g/mol. The number of aromatic nitrogens is 1. The number of rotatable bonds is 6. The van der Waals surface area contributed by atoms with Crippen molar-refractivity contribution in [3.8, 4) is 23.0 Å². The van der Waals surface area contributed by atoms with Crippen molar-refractivity contribution in [3.63, 3.8) is 0 Å². The fourth-order valence-electron chi connectivity index (χ4n) is 6.29. The van der Waals surface area contributed by atoms with Gasteiger partial charge in [-0.3, -0.25) is 9.59 Å². The zero-order chi connectivity index (χ0) is 32.9. The van der Waals surface area contributed by atoms with Crippen molar-refractivity contribution in [2.75, 3.05) is 6.79 Å². The van der Waals surface area contributed by atoms with Crippen molar-refractivity contribution in [2.24, 2.45) is 0 Å². The van der Waals surface area contributed by atoms with Crippen LogP contribution in [0.15, 0.2) is 60.8 Å². The Morgan fingerprint density at radius 2 is 1.87 bits per heavy atom. The number of H-pyrrole nitrogens is 1. The number of aromatic hydroxyl groups is 2. The van der Waals surface area contributed by atoms with E-state index in [4.69, 9.17) is 14.2 Å². The van der Waals surface area contributed by atoms with Gasteiger partial charge in [-0.25, -0.2) is 4.79 Å². The van der Waals surface area contributed by atoms with E-state index >= 15 is 0 Å². The second-order valence-electron chi connectivity index (χ2n) is 12.1. The summed E-state index contributed by atoms with van der Waals surface area (Å²) in [6.07, 6.45) is 7.82. The average Bonchev–Trinajstić information content (AvgIpc) is 3.72. The normalized spacial score (nSPS) is 17.5. The molecule has 1 amide bonds. The van der Waals surface area contributed by atoms with Crippen LogP contribution in [0.3, 0.4) is 0 Å². The molecule has 10 nitrogen and oxygen atoms in total. The molecule has 3 aromatic carbocycles. The third-order valence-electron chi connectivity index (χ3n) is 8.75. The molecule has 1 unspecified atom stereocenters. The fraction of sp³-hybridized carbons (Fsp3) is 0.324. The number of phenolic OH excluding ortho intramolecular Hbond substituents is 2. The predicted molar refractivity (Wildman–Crippen MR) is 176 cm³/mol. The molecule has 47 heavy (non-hydrogen) atoms. The molecular weight excluding hydrogens is 600 g/mol. The number of hydrogen-bond acceptors (Lipinski definition) is 8. The zero-order valence-electron chi connectivity index (χ0n) is 26.2. The molecule has 0 saturated heterocycles. The van der Waals surface area contributed by atoms with Gasteiger partial charge in [0.1, 0.15) is 22.8 Å². The van der Waals surface area contributed by atoms with E-state index in [1.165, 1.54) is 6.07 Å². The molecule has 1 aromatic heterocycles.